The number of hydrogen-bond acceptors (Lipinski definition) is 5. The van der Waals surface area contributed by atoms with Gasteiger partial charge < -0.3 is 15.1 Å². The molecule has 7 nitrogen and oxygen atoms in total. The zero-order valence-corrected chi connectivity index (χ0v) is 26.0. The van der Waals surface area contributed by atoms with Gasteiger partial charge in [0, 0.05) is 75.3 Å². The Bertz CT molecular complexity index is 1290. The highest BCUT2D eigenvalue weighted by atomic mass is 35.5. The molecule has 0 spiro atoms. The quantitative estimate of drug-likeness (QED) is 0.526. The average molecular weight is 613 g/mol. The third kappa shape index (κ3) is 7.19. The molecule has 2 saturated heterocycles. The first-order valence-corrected chi connectivity index (χ1v) is 13.8. The van der Waals surface area contributed by atoms with Crippen molar-refractivity contribution in [1.82, 2.24) is 20.1 Å². The first-order valence-electron chi connectivity index (χ1n) is 13.8. The van der Waals surface area contributed by atoms with Gasteiger partial charge in [-0.15, -0.1) is 24.8 Å². The molecule has 41 heavy (non-hydrogen) atoms. The van der Waals surface area contributed by atoms with Crippen molar-refractivity contribution in [3.8, 4) is 0 Å². The Morgan fingerprint density at radius 1 is 1.12 bits per heavy atom. The highest BCUT2D eigenvalue weighted by molar-refractivity contribution is 5.97. The van der Waals surface area contributed by atoms with Gasteiger partial charge in [0.15, 0.2) is 0 Å². The fourth-order valence-corrected chi connectivity index (χ4v) is 6.25. The lowest BCUT2D eigenvalue weighted by molar-refractivity contribution is -0.128. The lowest BCUT2D eigenvalue weighted by atomic mass is 9.91. The van der Waals surface area contributed by atoms with Crippen molar-refractivity contribution < 1.29 is 18.4 Å². The number of fused-ring (bicyclic) bond motifs is 1. The number of pyridine rings is 1. The van der Waals surface area contributed by atoms with E-state index in [1.807, 2.05) is 11.0 Å². The molecule has 2 atom stereocenters. The summed E-state index contributed by atoms with van der Waals surface area (Å²) >= 11 is 0. The number of halogens is 4. The zero-order chi connectivity index (χ0) is 28.1. The summed E-state index contributed by atoms with van der Waals surface area (Å²) in [6.07, 6.45) is 2.53. The van der Waals surface area contributed by atoms with Crippen molar-refractivity contribution in [3.05, 3.63) is 58.9 Å². The smallest absolute Gasteiger partial charge is 0.241 e. The van der Waals surface area contributed by atoms with Crippen molar-refractivity contribution in [2.45, 2.75) is 65.0 Å². The van der Waals surface area contributed by atoms with E-state index in [-0.39, 0.29) is 72.5 Å². The van der Waals surface area contributed by atoms with Crippen molar-refractivity contribution in [1.29, 1.82) is 0 Å². The number of anilines is 1. The third-order valence-corrected chi connectivity index (χ3v) is 8.22. The summed E-state index contributed by atoms with van der Waals surface area (Å²) in [5, 5.41) is 3.51. The molecule has 0 unspecified atom stereocenters. The Hall–Kier alpha value is -2.33. The van der Waals surface area contributed by atoms with Crippen LogP contribution >= 0.6 is 24.8 Å². The average Bonchev–Trinajstić information content (AvgIpc) is 3.27. The van der Waals surface area contributed by atoms with E-state index in [2.05, 4.69) is 44.8 Å². The fraction of sp³-hybridized carbons (Fsp3) is 0.567. The summed E-state index contributed by atoms with van der Waals surface area (Å²) in [6, 6.07) is 5.78. The maximum atomic E-state index is 14.3. The molecule has 2 aromatic rings. The molecule has 0 radical (unpaired) electrons. The lowest BCUT2D eigenvalue weighted by Gasteiger charge is -2.41. The maximum Gasteiger partial charge on any atom is 0.241 e. The van der Waals surface area contributed by atoms with Crippen molar-refractivity contribution >= 4 is 42.3 Å². The van der Waals surface area contributed by atoms with E-state index < -0.39 is 11.6 Å². The molecule has 2 amide bonds. The predicted molar refractivity (Wildman–Crippen MR) is 161 cm³/mol. The Labute approximate surface area is 253 Å². The van der Waals surface area contributed by atoms with Crippen LogP contribution in [-0.4, -0.2) is 78.0 Å². The van der Waals surface area contributed by atoms with Gasteiger partial charge in [0.05, 0.1) is 17.9 Å². The van der Waals surface area contributed by atoms with Crippen LogP contribution in [0.2, 0.25) is 0 Å². The minimum atomic E-state index is -0.611. The standard InChI is InChI=1S/C30H39F2N5O2.2ClH/c1-19-14-35(23(13-33-19)15-36-17-29(2,3)11-26(36)38)16-27(39)37-18-30(4,5)28-25(37)9-20(12-34-28)8-21-6-7-22(31)10-24(21)32;;/h6-7,9-10,12,19,23,33H,8,11,13-18H2,1-5H3;2*1H/t19-,23-;;/m1../s1. The molecule has 0 aliphatic carbocycles. The molecular formula is C30H41Cl2F2N5O2. The molecule has 1 N–H and O–H groups in total. The number of carbonyl (C=O) groups excluding carboxylic acids is 2. The second-order valence-corrected chi connectivity index (χ2v) is 13.0. The number of amides is 2. The summed E-state index contributed by atoms with van der Waals surface area (Å²) in [4.78, 5) is 37.1. The normalized spacial score (nSPS) is 23.1. The molecule has 3 aliphatic heterocycles. The van der Waals surface area contributed by atoms with E-state index in [9.17, 15) is 18.4 Å². The largest absolute Gasteiger partial charge is 0.341 e. The van der Waals surface area contributed by atoms with Gasteiger partial charge in [0.2, 0.25) is 11.8 Å². The van der Waals surface area contributed by atoms with Crippen LogP contribution < -0.4 is 10.2 Å². The van der Waals surface area contributed by atoms with Crippen LogP contribution in [0.4, 0.5) is 14.5 Å². The van der Waals surface area contributed by atoms with E-state index in [1.54, 1.807) is 11.1 Å². The summed E-state index contributed by atoms with van der Waals surface area (Å²) in [6.45, 7) is 14.0. The van der Waals surface area contributed by atoms with Gasteiger partial charge in [-0.2, -0.15) is 0 Å². The highest BCUT2D eigenvalue weighted by Gasteiger charge is 2.42. The van der Waals surface area contributed by atoms with Gasteiger partial charge in [0.25, 0.3) is 0 Å². The number of carbonyl (C=O) groups is 2. The molecule has 0 saturated carbocycles. The van der Waals surface area contributed by atoms with E-state index in [4.69, 9.17) is 4.98 Å². The van der Waals surface area contributed by atoms with Crippen LogP contribution in [0.1, 0.15) is 57.9 Å². The van der Waals surface area contributed by atoms with Crippen LogP contribution in [0.15, 0.2) is 30.5 Å². The number of likely N-dealkylation sites (tertiary alicyclic amines) is 1. The van der Waals surface area contributed by atoms with Gasteiger partial charge in [-0.1, -0.05) is 33.8 Å². The summed E-state index contributed by atoms with van der Waals surface area (Å²) in [5.41, 5.74) is 2.38. The summed E-state index contributed by atoms with van der Waals surface area (Å²) in [5.74, 6) is -1.04. The van der Waals surface area contributed by atoms with Gasteiger partial charge >= 0.3 is 0 Å². The van der Waals surface area contributed by atoms with Crippen molar-refractivity contribution in [3.63, 3.8) is 0 Å². The Morgan fingerprint density at radius 2 is 1.85 bits per heavy atom. The topological polar surface area (TPSA) is 68.8 Å². The predicted octanol–water partition coefficient (Wildman–Crippen LogP) is 4.34. The lowest BCUT2D eigenvalue weighted by Crippen LogP contribution is -2.61. The molecule has 1 aromatic carbocycles. The molecule has 226 valence electrons. The fourth-order valence-electron chi connectivity index (χ4n) is 6.25. The number of rotatable bonds is 6. The second kappa shape index (κ2) is 12.5. The third-order valence-electron chi connectivity index (χ3n) is 8.22. The SMILES string of the molecule is C[C@@H]1CN(CC(=O)N2CC(C)(C)c3ncc(Cc4ccc(F)cc4F)cc32)[C@@H](CN2CC(C)(C)CC2=O)CN1.Cl.Cl. The first-order chi connectivity index (χ1) is 18.3. The van der Waals surface area contributed by atoms with E-state index in [0.717, 1.165) is 36.1 Å². The molecular weight excluding hydrogens is 571 g/mol. The van der Waals surface area contributed by atoms with Crippen molar-refractivity contribution in [2.24, 2.45) is 5.41 Å². The van der Waals surface area contributed by atoms with Gasteiger partial charge in [0.1, 0.15) is 11.6 Å². The summed E-state index contributed by atoms with van der Waals surface area (Å²) < 4.78 is 27.7. The number of benzene rings is 1. The van der Waals surface area contributed by atoms with E-state index in [1.165, 1.54) is 12.1 Å². The molecule has 1 aromatic heterocycles. The first kappa shape index (κ1) is 33.2. The monoisotopic (exact) mass is 611 g/mol. The van der Waals surface area contributed by atoms with Gasteiger partial charge in [-0.05, 0) is 35.6 Å². The Morgan fingerprint density at radius 3 is 2.51 bits per heavy atom. The summed E-state index contributed by atoms with van der Waals surface area (Å²) in [7, 11) is 0. The molecule has 5 rings (SSSR count). The molecule has 2 fully saturated rings. The molecule has 3 aliphatic rings. The Kier molecular flexibility index (Phi) is 10.1. The number of nitrogens with one attached hydrogen (secondary N) is 1. The minimum Gasteiger partial charge on any atom is -0.341 e. The Balaban J connectivity index is 0.00000231. The van der Waals surface area contributed by atoms with Crippen LogP contribution in [0.3, 0.4) is 0 Å². The zero-order valence-electron chi connectivity index (χ0n) is 24.4. The molecule has 11 heteroatoms. The van der Waals surface area contributed by atoms with E-state index >= 15 is 0 Å². The number of nitrogens with zero attached hydrogens (tertiary/aromatic N) is 4. The highest BCUT2D eigenvalue weighted by Crippen LogP contribution is 2.40. The molecule has 0 bridgehead atoms. The van der Waals surface area contributed by atoms with Gasteiger partial charge in [-0.25, -0.2) is 8.78 Å². The van der Waals surface area contributed by atoms with Crippen LogP contribution in [0.5, 0.6) is 0 Å². The van der Waals surface area contributed by atoms with Crippen LogP contribution in [0.25, 0.3) is 0 Å². The minimum absolute atomic E-state index is 0. The maximum absolute atomic E-state index is 14.3. The number of aromatic nitrogens is 1. The van der Waals surface area contributed by atoms with Crippen molar-refractivity contribution in [2.75, 3.05) is 44.2 Å². The number of piperazine rings is 1. The molecule has 4 heterocycles. The van der Waals surface area contributed by atoms with E-state index in [0.29, 0.717) is 31.6 Å². The van der Waals surface area contributed by atoms with Crippen LogP contribution in [0, 0.1) is 17.0 Å². The second-order valence-electron chi connectivity index (χ2n) is 13.0. The van der Waals surface area contributed by atoms with Crippen LogP contribution in [-0.2, 0) is 21.4 Å². The number of hydrogen-bond donors (Lipinski definition) is 1. The van der Waals surface area contributed by atoms with Gasteiger partial charge in [-0.3, -0.25) is 19.5 Å².